The number of nitrogens with zero attached hydrogens (tertiary/aromatic N) is 1. The topological polar surface area (TPSA) is 126 Å². The summed E-state index contributed by atoms with van der Waals surface area (Å²) in [6, 6.07) is 0. The second-order valence-corrected chi connectivity index (χ2v) is 4.95. The maximum absolute atomic E-state index is 11.9. The number of aryl methyl sites for hydroxylation is 1. The summed E-state index contributed by atoms with van der Waals surface area (Å²) in [5.74, 6) is -0.245. The number of amides is 1. The van der Waals surface area contributed by atoms with Crippen LogP contribution in [0.2, 0.25) is 0 Å². The molecule has 8 nitrogen and oxygen atoms in total. The minimum Gasteiger partial charge on any atom is -0.388 e. The van der Waals surface area contributed by atoms with Crippen LogP contribution in [0.25, 0.3) is 0 Å². The highest BCUT2D eigenvalue weighted by atomic mass is 16.3. The van der Waals surface area contributed by atoms with Gasteiger partial charge in [-0.3, -0.25) is 14.6 Å². The third-order valence-corrected chi connectivity index (χ3v) is 3.46. The number of hydrogen-bond donors (Lipinski definition) is 4. The molecule has 0 spiro atoms. The minimum absolute atomic E-state index is 0.0788. The van der Waals surface area contributed by atoms with Gasteiger partial charge in [-0.05, 0) is 13.3 Å². The van der Waals surface area contributed by atoms with Crippen LogP contribution in [0.15, 0.2) is 9.59 Å². The van der Waals surface area contributed by atoms with E-state index in [1.54, 1.807) is 6.92 Å². The fourth-order valence-electron chi connectivity index (χ4n) is 2.29. The number of nitrogens with one attached hydrogen (secondary N) is 2. The molecule has 0 saturated carbocycles. The number of rotatable bonds is 3. The lowest BCUT2D eigenvalue weighted by Crippen LogP contribution is -2.32. The van der Waals surface area contributed by atoms with Gasteiger partial charge in [0, 0.05) is 30.8 Å². The number of β-amino-alcohol motifs (C(OH)–C–C–N with tert-alkyl or cyclic N) is 2. The Morgan fingerprint density at radius 3 is 2.40 bits per heavy atom. The summed E-state index contributed by atoms with van der Waals surface area (Å²) in [6.07, 6.45) is -1.57. The van der Waals surface area contributed by atoms with E-state index >= 15 is 0 Å². The number of hydrogen-bond acceptors (Lipinski definition) is 5. The van der Waals surface area contributed by atoms with Crippen LogP contribution in [0.3, 0.4) is 0 Å². The first-order chi connectivity index (χ1) is 9.38. The first-order valence-electron chi connectivity index (χ1n) is 6.34. The Balaban J connectivity index is 2.01. The molecule has 1 aliphatic rings. The van der Waals surface area contributed by atoms with Gasteiger partial charge in [0.15, 0.2) is 0 Å². The number of aliphatic hydroxyl groups excluding tert-OH is 2. The average Bonchev–Trinajstić information content (AvgIpc) is 2.68. The Bertz CT molecular complexity index is 610. The summed E-state index contributed by atoms with van der Waals surface area (Å²) >= 11 is 0. The lowest BCUT2D eigenvalue weighted by atomic mass is 10.1. The number of aliphatic hydroxyl groups is 2. The van der Waals surface area contributed by atoms with Crippen molar-refractivity contribution in [2.24, 2.45) is 0 Å². The quantitative estimate of drug-likeness (QED) is 0.504. The third-order valence-electron chi connectivity index (χ3n) is 3.46. The zero-order valence-corrected chi connectivity index (χ0v) is 11.0. The van der Waals surface area contributed by atoms with Crippen LogP contribution in [0.5, 0.6) is 0 Å². The smallest absolute Gasteiger partial charge is 0.325 e. The molecule has 1 fully saturated rings. The maximum atomic E-state index is 11.9. The van der Waals surface area contributed by atoms with Gasteiger partial charge in [0.1, 0.15) is 0 Å². The van der Waals surface area contributed by atoms with Gasteiger partial charge in [0.05, 0.1) is 12.2 Å². The molecule has 2 rings (SSSR count). The van der Waals surface area contributed by atoms with E-state index in [2.05, 4.69) is 9.97 Å². The van der Waals surface area contributed by atoms with Gasteiger partial charge in [-0.15, -0.1) is 0 Å². The molecule has 1 aromatic rings. The Hall–Kier alpha value is -1.93. The molecule has 1 amide bonds. The Kier molecular flexibility index (Phi) is 4.05. The van der Waals surface area contributed by atoms with Gasteiger partial charge >= 0.3 is 5.69 Å². The average molecular weight is 283 g/mol. The summed E-state index contributed by atoms with van der Waals surface area (Å²) in [4.78, 5) is 40.5. The zero-order valence-electron chi connectivity index (χ0n) is 11.0. The van der Waals surface area contributed by atoms with E-state index in [0.29, 0.717) is 11.3 Å². The van der Waals surface area contributed by atoms with Crippen LogP contribution in [0, 0.1) is 6.92 Å². The second-order valence-electron chi connectivity index (χ2n) is 4.95. The molecule has 1 aromatic heterocycles. The molecule has 0 bridgehead atoms. The van der Waals surface area contributed by atoms with Crippen molar-refractivity contribution in [2.45, 2.75) is 32.0 Å². The van der Waals surface area contributed by atoms with Crippen molar-refractivity contribution in [3.05, 3.63) is 32.1 Å². The Labute approximate surface area is 114 Å². The largest absolute Gasteiger partial charge is 0.388 e. The highest BCUT2D eigenvalue weighted by molar-refractivity contribution is 5.76. The van der Waals surface area contributed by atoms with E-state index in [-0.39, 0.29) is 31.8 Å². The fraction of sp³-hybridized carbons (Fsp3) is 0.583. The lowest BCUT2D eigenvalue weighted by molar-refractivity contribution is -0.130. The maximum Gasteiger partial charge on any atom is 0.325 e. The fourth-order valence-corrected chi connectivity index (χ4v) is 2.29. The van der Waals surface area contributed by atoms with Crippen molar-refractivity contribution in [3.8, 4) is 0 Å². The van der Waals surface area contributed by atoms with Crippen LogP contribution in [0.1, 0.15) is 17.7 Å². The van der Waals surface area contributed by atoms with Gasteiger partial charge in [-0.25, -0.2) is 4.79 Å². The molecule has 1 aliphatic heterocycles. The third kappa shape index (κ3) is 2.97. The molecule has 20 heavy (non-hydrogen) atoms. The van der Waals surface area contributed by atoms with E-state index in [1.165, 1.54) is 4.90 Å². The van der Waals surface area contributed by atoms with Crippen LogP contribution in [0.4, 0.5) is 0 Å². The van der Waals surface area contributed by atoms with Crippen molar-refractivity contribution in [1.82, 2.24) is 14.9 Å². The van der Waals surface area contributed by atoms with Crippen LogP contribution in [-0.2, 0) is 11.2 Å². The molecule has 4 N–H and O–H groups in total. The molecule has 0 aromatic carbocycles. The molecule has 0 radical (unpaired) electrons. The monoisotopic (exact) mass is 283 g/mol. The number of aromatic nitrogens is 2. The molecule has 0 unspecified atom stereocenters. The van der Waals surface area contributed by atoms with Gasteiger partial charge in [0.25, 0.3) is 5.56 Å². The number of likely N-dealkylation sites (tertiary alicyclic amines) is 1. The molecular weight excluding hydrogens is 266 g/mol. The van der Waals surface area contributed by atoms with E-state index in [9.17, 15) is 24.6 Å². The number of aromatic amines is 2. The van der Waals surface area contributed by atoms with Crippen LogP contribution >= 0.6 is 0 Å². The van der Waals surface area contributed by atoms with E-state index < -0.39 is 23.5 Å². The van der Waals surface area contributed by atoms with Gasteiger partial charge in [0.2, 0.25) is 5.91 Å². The summed E-state index contributed by atoms with van der Waals surface area (Å²) in [5, 5.41) is 18.8. The Morgan fingerprint density at radius 2 is 1.85 bits per heavy atom. The molecule has 8 heteroatoms. The molecule has 2 atom stereocenters. The van der Waals surface area contributed by atoms with Crippen molar-refractivity contribution in [1.29, 1.82) is 0 Å². The predicted octanol–water partition coefficient (Wildman–Crippen LogP) is -2.13. The number of H-pyrrole nitrogens is 2. The number of carbonyl (C=O) groups is 1. The van der Waals surface area contributed by atoms with Crippen LogP contribution < -0.4 is 11.2 Å². The highest BCUT2D eigenvalue weighted by Gasteiger charge is 2.32. The van der Waals surface area contributed by atoms with Crippen molar-refractivity contribution >= 4 is 5.91 Å². The highest BCUT2D eigenvalue weighted by Crippen LogP contribution is 2.12. The lowest BCUT2D eigenvalue weighted by Gasteiger charge is -2.15. The molecule has 2 heterocycles. The minimum atomic E-state index is -0.919. The SMILES string of the molecule is Cc1[nH]c(=O)[nH]c(=O)c1CCC(=O)N1C[C@@H](O)[C@@H](O)C1. The van der Waals surface area contributed by atoms with Crippen molar-refractivity contribution in [3.63, 3.8) is 0 Å². The van der Waals surface area contributed by atoms with Gasteiger partial charge in [-0.2, -0.15) is 0 Å². The first-order valence-corrected chi connectivity index (χ1v) is 6.34. The first kappa shape index (κ1) is 14.5. The normalized spacial score (nSPS) is 22.2. The Morgan fingerprint density at radius 1 is 1.25 bits per heavy atom. The predicted molar refractivity (Wildman–Crippen MR) is 69.3 cm³/mol. The summed E-state index contributed by atoms with van der Waals surface area (Å²) in [6.45, 7) is 1.79. The van der Waals surface area contributed by atoms with E-state index in [4.69, 9.17) is 0 Å². The second kappa shape index (κ2) is 5.59. The molecule has 1 saturated heterocycles. The van der Waals surface area contributed by atoms with Crippen molar-refractivity contribution < 1.29 is 15.0 Å². The molecule has 110 valence electrons. The van der Waals surface area contributed by atoms with E-state index in [1.807, 2.05) is 0 Å². The standard InChI is InChI=1S/C12H17N3O5/c1-6-7(11(19)14-12(20)13-6)2-3-10(18)15-4-8(16)9(17)5-15/h8-9,16-17H,2-5H2,1H3,(H2,13,14,19,20)/t8-,9+. The van der Waals surface area contributed by atoms with Crippen LogP contribution in [-0.4, -0.2) is 56.3 Å². The van der Waals surface area contributed by atoms with Gasteiger partial charge in [-0.1, -0.05) is 0 Å². The zero-order chi connectivity index (χ0) is 14.9. The summed E-state index contributed by atoms with van der Waals surface area (Å²) in [5.41, 5.74) is -0.278. The molecular formula is C12H17N3O5. The summed E-state index contributed by atoms with van der Waals surface area (Å²) in [7, 11) is 0. The number of carbonyl (C=O) groups excluding carboxylic acids is 1. The van der Waals surface area contributed by atoms with Crippen molar-refractivity contribution in [2.75, 3.05) is 13.1 Å². The van der Waals surface area contributed by atoms with E-state index in [0.717, 1.165) is 0 Å². The summed E-state index contributed by atoms with van der Waals surface area (Å²) < 4.78 is 0. The van der Waals surface area contributed by atoms with Gasteiger partial charge < -0.3 is 20.1 Å². The molecule has 0 aliphatic carbocycles.